The van der Waals surface area contributed by atoms with Crippen molar-refractivity contribution in [1.82, 2.24) is 15.7 Å². The van der Waals surface area contributed by atoms with E-state index in [9.17, 15) is 4.79 Å². The van der Waals surface area contributed by atoms with E-state index in [0.717, 1.165) is 25.1 Å². The van der Waals surface area contributed by atoms with Gasteiger partial charge in [-0.05, 0) is 30.8 Å². The molecule has 0 saturated heterocycles. The number of amides is 1. The summed E-state index contributed by atoms with van der Waals surface area (Å²) in [6, 6.07) is 9.43. The number of thiazole rings is 1. The molecule has 8 heteroatoms. The van der Waals surface area contributed by atoms with Crippen LogP contribution >= 0.6 is 23.6 Å². The van der Waals surface area contributed by atoms with Gasteiger partial charge < -0.3 is 5.32 Å². The highest BCUT2D eigenvalue weighted by molar-refractivity contribution is 7.80. The lowest BCUT2D eigenvalue weighted by Gasteiger charge is -2.17. The molecule has 1 amide bonds. The van der Waals surface area contributed by atoms with Gasteiger partial charge in [-0.2, -0.15) is 5.10 Å². The van der Waals surface area contributed by atoms with E-state index in [1.807, 2.05) is 35.7 Å². The largest absolute Gasteiger partial charge is 0.361 e. The third kappa shape index (κ3) is 5.91. The van der Waals surface area contributed by atoms with E-state index in [1.165, 1.54) is 18.3 Å². The Labute approximate surface area is 157 Å². The number of carbonyl (C=O) groups excluding carboxylic acids is 1. The van der Waals surface area contributed by atoms with E-state index in [1.54, 1.807) is 11.1 Å². The van der Waals surface area contributed by atoms with Crippen molar-refractivity contribution in [3.05, 3.63) is 41.4 Å². The Balaban J connectivity index is 2.00. The number of hydrazone groups is 1. The number of hydrogen-bond donors (Lipinski definition) is 2. The molecule has 0 aliphatic heterocycles. The van der Waals surface area contributed by atoms with Crippen molar-refractivity contribution in [2.24, 2.45) is 5.10 Å². The zero-order valence-electron chi connectivity index (χ0n) is 14.2. The molecule has 0 atom stereocenters. The molecular weight excluding hydrogens is 354 g/mol. The minimum Gasteiger partial charge on any atom is -0.361 e. The Hall–Kier alpha value is -2.32. The third-order valence-corrected chi connectivity index (χ3v) is 4.29. The van der Waals surface area contributed by atoms with Crippen molar-refractivity contribution in [3.63, 3.8) is 0 Å². The first-order valence-corrected chi connectivity index (χ1v) is 9.28. The van der Waals surface area contributed by atoms with Gasteiger partial charge in [-0.1, -0.05) is 31.5 Å². The molecule has 0 aliphatic rings. The van der Waals surface area contributed by atoms with Gasteiger partial charge in [0, 0.05) is 18.8 Å². The minimum absolute atomic E-state index is 0.0940. The summed E-state index contributed by atoms with van der Waals surface area (Å²) in [5, 5.41) is 10.1. The number of anilines is 2. The minimum atomic E-state index is -0.0940. The van der Waals surface area contributed by atoms with Crippen molar-refractivity contribution in [2.75, 3.05) is 11.4 Å². The Bertz CT molecular complexity index is 730. The Morgan fingerprint density at radius 1 is 1.40 bits per heavy atom. The lowest BCUT2D eigenvalue weighted by molar-refractivity contribution is -0.115. The molecular formula is C17H21N5OS2. The second kappa shape index (κ2) is 9.85. The standard InChI is InChI=1S/C17H21N5OS2/c1-3-4-10-18-16(24)21-19-11-14-12-25-17(20-14)22(13(2)23)15-8-6-5-7-9-15/h5-9,11-12H,3-4,10H2,1-2H3,(H2,18,21,24)/b19-11-. The maximum atomic E-state index is 12.0. The number of nitrogens with one attached hydrogen (secondary N) is 2. The Morgan fingerprint density at radius 3 is 2.84 bits per heavy atom. The van der Waals surface area contributed by atoms with Crippen LogP contribution in [0, 0.1) is 0 Å². The average molecular weight is 376 g/mol. The van der Waals surface area contributed by atoms with Gasteiger partial charge in [-0.15, -0.1) is 11.3 Å². The first-order chi connectivity index (χ1) is 12.1. The summed E-state index contributed by atoms with van der Waals surface area (Å²) in [4.78, 5) is 18.0. The van der Waals surface area contributed by atoms with Crippen LogP contribution in [-0.4, -0.2) is 28.8 Å². The lowest BCUT2D eigenvalue weighted by atomic mass is 10.3. The molecule has 0 fully saturated rings. The van der Waals surface area contributed by atoms with E-state index in [4.69, 9.17) is 12.2 Å². The van der Waals surface area contributed by atoms with Crippen LogP contribution in [0.2, 0.25) is 0 Å². The molecule has 2 rings (SSSR count). The molecule has 0 bridgehead atoms. The zero-order valence-corrected chi connectivity index (χ0v) is 15.9. The molecule has 0 unspecified atom stereocenters. The van der Waals surface area contributed by atoms with Crippen LogP contribution in [0.3, 0.4) is 0 Å². The van der Waals surface area contributed by atoms with Gasteiger partial charge in [0.2, 0.25) is 5.91 Å². The lowest BCUT2D eigenvalue weighted by Crippen LogP contribution is -2.32. The van der Waals surface area contributed by atoms with Crippen LogP contribution in [0.1, 0.15) is 32.4 Å². The molecule has 0 spiro atoms. The molecule has 1 aromatic carbocycles. The average Bonchev–Trinajstić information content (AvgIpc) is 3.04. The first-order valence-electron chi connectivity index (χ1n) is 8.00. The van der Waals surface area contributed by atoms with Gasteiger partial charge in [-0.3, -0.25) is 15.1 Å². The monoisotopic (exact) mass is 375 g/mol. The number of carbonyl (C=O) groups is 1. The molecule has 25 heavy (non-hydrogen) atoms. The third-order valence-electron chi connectivity index (χ3n) is 3.21. The fourth-order valence-corrected chi connectivity index (χ4v) is 3.01. The van der Waals surface area contributed by atoms with Crippen LogP contribution in [0.5, 0.6) is 0 Å². The van der Waals surface area contributed by atoms with Gasteiger partial charge in [0.05, 0.1) is 17.6 Å². The fraction of sp³-hybridized carbons (Fsp3) is 0.294. The molecule has 1 aromatic heterocycles. The van der Waals surface area contributed by atoms with E-state index < -0.39 is 0 Å². The second-order valence-corrected chi connectivity index (χ2v) is 6.47. The summed E-state index contributed by atoms with van der Waals surface area (Å²) in [7, 11) is 0. The number of unbranched alkanes of at least 4 members (excludes halogenated alkanes) is 1. The van der Waals surface area contributed by atoms with Crippen LogP contribution in [0.4, 0.5) is 10.8 Å². The highest BCUT2D eigenvalue weighted by Gasteiger charge is 2.17. The summed E-state index contributed by atoms with van der Waals surface area (Å²) in [6.07, 6.45) is 3.74. The topological polar surface area (TPSA) is 69.6 Å². The van der Waals surface area contributed by atoms with E-state index in [2.05, 4.69) is 27.8 Å². The highest BCUT2D eigenvalue weighted by Crippen LogP contribution is 2.28. The SMILES string of the molecule is CCCCNC(=S)N/N=C\c1csc(N(C(C)=O)c2ccccc2)n1. The molecule has 0 radical (unpaired) electrons. The van der Waals surface area contributed by atoms with Gasteiger partial charge in [0.15, 0.2) is 10.2 Å². The van der Waals surface area contributed by atoms with Crippen molar-refractivity contribution in [3.8, 4) is 0 Å². The number of rotatable bonds is 7. The summed E-state index contributed by atoms with van der Waals surface area (Å²) in [6.45, 7) is 4.46. The van der Waals surface area contributed by atoms with Gasteiger partial charge in [0.25, 0.3) is 0 Å². The molecule has 0 aliphatic carbocycles. The summed E-state index contributed by atoms with van der Waals surface area (Å²) in [5.41, 5.74) is 4.20. The smallest absolute Gasteiger partial charge is 0.230 e. The highest BCUT2D eigenvalue weighted by atomic mass is 32.1. The van der Waals surface area contributed by atoms with Crippen molar-refractivity contribution >= 4 is 51.6 Å². The number of nitrogens with zero attached hydrogens (tertiary/aromatic N) is 3. The first kappa shape index (κ1) is 19.0. The van der Waals surface area contributed by atoms with Crippen LogP contribution in [0.25, 0.3) is 0 Å². The van der Waals surface area contributed by atoms with E-state index >= 15 is 0 Å². The summed E-state index contributed by atoms with van der Waals surface area (Å²) >= 11 is 6.50. The van der Waals surface area contributed by atoms with E-state index in [-0.39, 0.29) is 5.91 Å². The van der Waals surface area contributed by atoms with Crippen LogP contribution in [-0.2, 0) is 4.79 Å². The maximum absolute atomic E-state index is 12.0. The summed E-state index contributed by atoms with van der Waals surface area (Å²) in [5.74, 6) is -0.0940. The maximum Gasteiger partial charge on any atom is 0.230 e. The predicted octanol–water partition coefficient (Wildman–Crippen LogP) is 3.43. The fourth-order valence-electron chi connectivity index (χ4n) is 2.02. The number of benzene rings is 1. The van der Waals surface area contributed by atoms with Crippen LogP contribution in [0.15, 0.2) is 40.8 Å². The quantitative estimate of drug-likeness (QED) is 0.336. The molecule has 2 N–H and O–H groups in total. The normalized spacial score (nSPS) is 10.6. The molecule has 2 aromatic rings. The molecule has 132 valence electrons. The summed E-state index contributed by atoms with van der Waals surface area (Å²) < 4.78 is 0. The molecule has 1 heterocycles. The molecule has 6 nitrogen and oxygen atoms in total. The zero-order chi connectivity index (χ0) is 18.1. The molecule has 0 saturated carbocycles. The Morgan fingerprint density at radius 2 is 2.16 bits per heavy atom. The van der Waals surface area contributed by atoms with Gasteiger partial charge in [0.1, 0.15) is 0 Å². The number of thiocarbonyl (C=S) groups is 1. The number of para-hydroxylation sites is 1. The second-order valence-electron chi connectivity index (χ2n) is 5.22. The van der Waals surface area contributed by atoms with Crippen molar-refractivity contribution in [1.29, 1.82) is 0 Å². The van der Waals surface area contributed by atoms with Crippen molar-refractivity contribution in [2.45, 2.75) is 26.7 Å². The van der Waals surface area contributed by atoms with Crippen LogP contribution < -0.4 is 15.6 Å². The predicted molar refractivity (Wildman–Crippen MR) is 108 cm³/mol. The van der Waals surface area contributed by atoms with Crippen molar-refractivity contribution < 1.29 is 4.79 Å². The van der Waals surface area contributed by atoms with E-state index in [0.29, 0.717) is 15.9 Å². The Kier molecular flexibility index (Phi) is 7.49. The van der Waals surface area contributed by atoms with Gasteiger partial charge >= 0.3 is 0 Å². The van der Waals surface area contributed by atoms with Gasteiger partial charge in [-0.25, -0.2) is 4.98 Å². The number of aromatic nitrogens is 1. The number of hydrogen-bond acceptors (Lipinski definition) is 5.